The van der Waals surface area contributed by atoms with Gasteiger partial charge in [0.1, 0.15) is 0 Å². The van der Waals surface area contributed by atoms with Gasteiger partial charge in [0.15, 0.2) is 0 Å². The molecule has 1 aliphatic carbocycles. The smallest absolute Gasteiger partial charge is 0.0615 e. The van der Waals surface area contributed by atoms with E-state index in [1.807, 2.05) is 0 Å². The summed E-state index contributed by atoms with van der Waals surface area (Å²) < 4.78 is 5.30. The van der Waals surface area contributed by atoms with Gasteiger partial charge in [-0.15, -0.1) is 0 Å². The Balaban J connectivity index is 2.62. The van der Waals surface area contributed by atoms with Gasteiger partial charge >= 0.3 is 0 Å². The fourth-order valence-electron chi connectivity index (χ4n) is 3.55. The maximum Gasteiger partial charge on any atom is 0.0615 e. The number of likely N-dealkylation sites (N-methyl/N-ethyl adjacent to an activating group) is 1. The highest BCUT2D eigenvalue weighted by atomic mass is 16.5. The summed E-state index contributed by atoms with van der Waals surface area (Å²) in [4.78, 5) is 2.53. The monoisotopic (exact) mass is 284 g/mol. The summed E-state index contributed by atoms with van der Waals surface area (Å²) in [5.74, 6) is 1.44. The molecule has 20 heavy (non-hydrogen) atoms. The Bertz CT molecular complexity index is 275. The molecule has 0 aromatic heterocycles. The van der Waals surface area contributed by atoms with Crippen LogP contribution in [0.15, 0.2) is 0 Å². The van der Waals surface area contributed by atoms with E-state index in [9.17, 15) is 0 Å². The minimum atomic E-state index is 0.373. The Kier molecular flexibility index (Phi) is 6.96. The van der Waals surface area contributed by atoms with Crippen molar-refractivity contribution in [1.82, 2.24) is 4.90 Å². The topological polar surface area (TPSA) is 38.5 Å². The van der Waals surface area contributed by atoms with E-state index in [0.29, 0.717) is 23.4 Å². The molecule has 4 unspecified atom stereocenters. The molecule has 0 spiro atoms. The van der Waals surface area contributed by atoms with E-state index < -0.39 is 0 Å². The molecule has 1 saturated carbocycles. The summed E-state index contributed by atoms with van der Waals surface area (Å²) in [6.45, 7) is 14.6. The molecule has 0 heterocycles. The van der Waals surface area contributed by atoms with E-state index in [2.05, 4.69) is 39.5 Å². The Morgan fingerprint density at radius 1 is 1.30 bits per heavy atom. The SMILES string of the molecule is CCN(CC1CC(C(C)(C)C)CCC1N)C(C)COC. The third-order valence-electron chi connectivity index (χ3n) is 5.17. The summed E-state index contributed by atoms with van der Waals surface area (Å²) >= 11 is 0. The first-order valence-electron chi connectivity index (χ1n) is 8.28. The van der Waals surface area contributed by atoms with Gasteiger partial charge in [0.05, 0.1) is 6.61 Å². The average Bonchev–Trinajstić information content (AvgIpc) is 2.36. The lowest BCUT2D eigenvalue weighted by molar-refractivity contribution is 0.0607. The summed E-state index contributed by atoms with van der Waals surface area (Å²) in [5, 5.41) is 0. The highest BCUT2D eigenvalue weighted by Gasteiger charge is 2.35. The van der Waals surface area contributed by atoms with Crippen molar-refractivity contribution in [3.8, 4) is 0 Å². The van der Waals surface area contributed by atoms with Crippen LogP contribution in [0.2, 0.25) is 0 Å². The molecule has 0 aliphatic heterocycles. The van der Waals surface area contributed by atoms with Crippen LogP contribution in [0, 0.1) is 17.3 Å². The predicted octanol–water partition coefficient (Wildman–Crippen LogP) is 3.13. The number of nitrogens with zero attached hydrogens (tertiary/aromatic N) is 1. The molecule has 2 N–H and O–H groups in total. The van der Waals surface area contributed by atoms with Crippen LogP contribution in [0.5, 0.6) is 0 Å². The molecule has 120 valence electrons. The van der Waals surface area contributed by atoms with Gasteiger partial charge in [0, 0.05) is 25.7 Å². The number of nitrogens with two attached hydrogens (primary N) is 1. The van der Waals surface area contributed by atoms with E-state index >= 15 is 0 Å². The molecule has 4 atom stereocenters. The highest BCUT2D eigenvalue weighted by molar-refractivity contribution is 4.89. The number of methoxy groups -OCH3 is 1. The zero-order chi connectivity index (χ0) is 15.3. The average molecular weight is 284 g/mol. The first-order valence-corrected chi connectivity index (χ1v) is 8.28. The van der Waals surface area contributed by atoms with Crippen molar-refractivity contribution in [2.75, 3.05) is 26.8 Å². The Morgan fingerprint density at radius 3 is 2.45 bits per heavy atom. The second-order valence-corrected chi connectivity index (χ2v) is 7.69. The van der Waals surface area contributed by atoms with Gasteiger partial charge < -0.3 is 10.5 Å². The second kappa shape index (κ2) is 7.77. The fourth-order valence-corrected chi connectivity index (χ4v) is 3.55. The molecular formula is C17H36N2O. The van der Waals surface area contributed by atoms with Gasteiger partial charge in [-0.1, -0.05) is 27.7 Å². The van der Waals surface area contributed by atoms with Crippen LogP contribution >= 0.6 is 0 Å². The standard InChI is InChI=1S/C17H36N2O/c1-7-19(13(2)12-20-6)11-14-10-15(17(3,4)5)8-9-16(14)18/h13-16H,7-12,18H2,1-6H3. The van der Waals surface area contributed by atoms with Gasteiger partial charge in [-0.05, 0) is 50.0 Å². The molecule has 0 radical (unpaired) electrons. The predicted molar refractivity (Wildman–Crippen MR) is 86.8 cm³/mol. The van der Waals surface area contributed by atoms with Gasteiger partial charge in [0.25, 0.3) is 0 Å². The highest BCUT2D eigenvalue weighted by Crippen LogP contribution is 2.40. The Hall–Kier alpha value is -0.120. The first kappa shape index (κ1) is 17.9. The summed E-state index contributed by atoms with van der Waals surface area (Å²) in [6, 6.07) is 0.851. The third kappa shape index (κ3) is 5.01. The van der Waals surface area contributed by atoms with Gasteiger partial charge in [-0.3, -0.25) is 4.90 Å². The zero-order valence-corrected chi connectivity index (χ0v) is 14.5. The second-order valence-electron chi connectivity index (χ2n) is 7.69. The number of rotatable bonds is 6. The van der Waals surface area contributed by atoms with Crippen LogP contribution in [-0.4, -0.2) is 43.8 Å². The van der Waals surface area contributed by atoms with E-state index in [1.54, 1.807) is 7.11 Å². The maximum absolute atomic E-state index is 6.40. The minimum absolute atomic E-state index is 0.373. The molecule has 0 amide bonds. The molecular weight excluding hydrogens is 248 g/mol. The van der Waals surface area contributed by atoms with Crippen LogP contribution < -0.4 is 5.73 Å². The quantitative estimate of drug-likeness (QED) is 0.814. The lowest BCUT2D eigenvalue weighted by Crippen LogP contribution is -2.47. The van der Waals surface area contributed by atoms with Crippen molar-refractivity contribution in [2.45, 2.75) is 66.0 Å². The van der Waals surface area contributed by atoms with Crippen molar-refractivity contribution in [1.29, 1.82) is 0 Å². The Labute approximate surface area is 126 Å². The summed E-state index contributed by atoms with van der Waals surface area (Å²) in [7, 11) is 1.78. The van der Waals surface area contributed by atoms with E-state index in [0.717, 1.165) is 25.6 Å². The summed E-state index contributed by atoms with van der Waals surface area (Å²) in [6.07, 6.45) is 3.75. The number of hydrogen-bond donors (Lipinski definition) is 1. The molecule has 3 heteroatoms. The van der Waals surface area contributed by atoms with Gasteiger partial charge in [0.2, 0.25) is 0 Å². The minimum Gasteiger partial charge on any atom is -0.383 e. The van der Waals surface area contributed by atoms with Crippen molar-refractivity contribution in [2.24, 2.45) is 23.0 Å². The van der Waals surface area contributed by atoms with Crippen molar-refractivity contribution >= 4 is 0 Å². The first-order chi connectivity index (χ1) is 9.29. The molecule has 0 saturated heterocycles. The lowest BCUT2D eigenvalue weighted by atomic mass is 9.67. The Morgan fingerprint density at radius 2 is 1.95 bits per heavy atom. The number of hydrogen-bond acceptors (Lipinski definition) is 3. The summed E-state index contributed by atoms with van der Waals surface area (Å²) in [5.41, 5.74) is 6.81. The normalized spacial score (nSPS) is 29.7. The molecule has 0 bridgehead atoms. The van der Waals surface area contributed by atoms with Crippen LogP contribution in [0.25, 0.3) is 0 Å². The fraction of sp³-hybridized carbons (Fsp3) is 1.00. The van der Waals surface area contributed by atoms with Gasteiger partial charge in [-0.2, -0.15) is 0 Å². The molecule has 1 rings (SSSR count). The van der Waals surface area contributed by atoms with E-state index in [4.69, 9.17) is 10.5 Å². The van der Waals surface area contributed by atoms with Gasteiger partial charge in [-0.25, -0.2) is 0 Å². The molecule has 0 aromatic rings. The van der Waals surface area contributed by atoms with E-state index in [1.165, 1.54) is 19.3 Å². The zero-order valence-electron chi connectivity index (χ0n) is 14.5. The van der Waals surface area contributed by atoms with Crippen molar-refractivity contribution < 1.29 is 4.74 Å². The van der Waals surface area contributed by atoms with E-state index in [-0.39, 0.29) is 0 Å². The van der Waals surface area contributed by atoms with Crippen LogP contribution in [-0.2, 0) is 4.74 Å². The molecule has 1 aliphatic rings. The third-order valence-corrected chi connectivity index (χ3v) is 5.17. The maximum atomic E-state index is 6.40. The van der Waals surface area contributed by atoms with Crippen LogP contribution in [0.1, 0.15) is 53.9 Å². The van der Waals surface area contributed by atoms with Crippen LogP contribution in [0.4, 0.5) is 0 Å². The lowest BCUT2D eigenvalue weighted by Gasteiger charge is -2.43. The van der Waals surface area contributed by atoms with Crippen molar-refractivity contribution in [3.63, 3.8) is 0 Å². The molecule has 3 nitrogen and oxygen atoms in total. The number of ether oxygens (including phenoxy) is 1. The largest absolute Gasteiger partial charge is 0.383 e. The molecule has 0 aromatic carbocycles. The van der Waals surface area contributed by atoms with Crippen LogP contribution in [0.3, 0.4) is 0 Å². The molecule has 1 fully saturated rings. The van der Waals surface area contributed by atoms with Crippen molar-refractivity contribution in [3.05, 3.63) is 0 Å².